The quantitative estimate of drug-likeness (QED) is 0.779. The van der Waals surface area contributed by atoms with Crippen LogP contribution in [0.1, 0.15) is 36.4 Å². The Morgan fingerprint density at radius 3 is 2.74 bits per heavy atom. The third kappa shape index (κ3) is 5.61. The first-order valence-corrected chi connectivity index (χ1v) is 7.51. The van der Waals surface area contributed by atoms with Gasteiger partial charge in [-0.2, -0.15) is 0 Å². The Hall–Kier alpha value is -1.43. The van der Waals surface area contributed by atoms with Crippen LogP contribution < -0.4 is 11.1 Å². The van der Waals surface area contributed by atoms with Gasteiger partial charge in [0.25, 0.3) is 0 Å². The van der Waals surface area contributed by atoms with Gasteiger partial charge in [0.15, 0.2) is 0 Å². The molecule has 1 aliphatic carbocycles. The molecule has 2 aromatic heterocycles. The molecule has 0 bridgehead atoms. The second-order valence-corrected chi connectivity index (χ2v) is 5.65. The smallest absolute Gasteiger partial charge is 0.129 e. The largest absolute Gasteiger partial charge is 0.370 e. The monoisotopic (exact) mass is 355 g/mol. The van der Waals surface area contributed by atoms with Crippen LogP contribution in [0.4, 0.5) is 5.82 Å². The van der Waals surface area contributed by atoms with E-state index in [1.165, 1.54) is 5.56 Å². The molecule has 0 aliphatic heterocycles. The van der Waals surface area contributed by atoms with Crippen molar-refractivity contribution in [3.8, 4) is 0 Å². The topological polar surface area (TPSA) is 76.7 Å². The van der Waals surface area contributed by atoms with Gasteiger partial charge in [-0.1, -0.05) is 6.07 Å². The number of nitrogens with two attached hydrogens (primary N) is 1. The van der Waals surface area contributed by atoms with E-state index in [1.54, 1.807) is 12.5 Å². The fraction of sp³-hybridized carbons (Fsp3) is 0.438. The van der Waals surface area contributed by atoms with Crippen molar-refractivity contribution in [3.05, 3.63) is 48.2 Å². The first-order chi connectivity index (χ1) is 10.3. The van der Waals surface area contributed by atoms with Gasteiger partial charge in [0, 0.05) is 42.7 Å². The maximum absolute atomic E-state index is 5.83. The Bertz CT molecular complexity index is 576. The van der Waals surface area contributed by atoms with Gasteiger partial charge in [0.1, 0.15) is 12.1 Å². The average Bonchev–Trinajstić information content (AvgIpc) is 2.50. The number of hydrogen-bond donors (Lipinski definition) is 2. The molecule has 0 amide bonds. The molecule has 2 aromatic rings. The van der Waals surface area contributed by atoms with Crippen LogP contribution in [0.25, 0.3) is 0 Å². The highest BCUT2D eigenvalue weighted by atomic mass is 35.5. The number of anilines is 1. The highest BCUT2D eigenvalue weighted by Gasteiger charge is 2.28. The Morgan fingerprint density at radius 1 is 1.22 bits per heavy atom. The molecular weight excluding hydrogens is 333 g/mol. The van der Waals surface area contributed by atoms with Crippen molar-refractivity contribution in [2.24, 2.45) is 5.73 Å². The maximum atomic E-state index is 5.83. The SMILES string of the molecule is Cl.Cl.NC1CC(c2cc(NCCCc3cccnc3)ncn2)C1. The van der Waals surface area contributed by atoms with E-state index < -0.39 is 0 Å². The summed E-state index contributed by atoms with van der Waals surface area (Å²) in [5.74, 6) is 1.42. The lowest BCUT2D eigenvalue weighted by atomic mass is 9.79. The second-order valence-electron chi connectivity index (χ2n) is 5.65. The van der Waals surface area contributed by atoms with Gasteiger partial charge in [0.05, 0.1) is 0 Å². The molecule has 1 saturated carbocycles. The molecule has 0 atom stereocenters. The van der Waals surface area contributed by atoms with Gasteiger partial charge < -0.3 is 11.1 Å². The van der Waals surface area contributed by atoms with E-state index in [0.717, 1.165) is 43.7 Å². The van der Waals surface area contributed by atoms with Gasteiger partial charge in [-0.15, -0.1) is 24.8 Å². The van der Waals surface area contributed by atoms with Crippen LogP contribution in [0.15, 0.2) is 36.9 Å². The molecule has 5 nitrogen and oxygen atoms in total. The first kappa shape index (κ1) is 19.6. The summed E-state index contributed by atoms with van der Waals surface area (Å²) in [5, 5.41) is 3.37. The summed E-state index contributed by atoms with van der Waals surface area (Å²) < 4.78 is 0. The summed E-state index contributed by atoms with van der Waals surface area (Å²) >= 11 is 0. The Morgan fingerprint density at radius 2 is 2.04 bits per heavy atom. The highest BCUT2D eigenvalue weighted by molar-refractivity contribution is 5.85. The molecule has 3 N–H and O–H groups in total. The summed E-state index contributed by atoms with van der Waals surface area (Å²) in [6.45, 7) is 0.898. The number of rotatable bonds is 6. The number of hydrogen-bond acceptors (Lipinski definition) is 5. The molecule has 1 aliphatic rings. The molecule has 0 radical (unpaired) electrons. The number of aromatic nitrogens is 3. The fourth-order valence-corrected chi connectivity index (χ4v) is 2.65. The van der Waals surface area contributed by atoms with Crippen LogP contribution in [0, 0.1) is 0 Å². The van der Waals surface area contributed by atoms with E-state index >= 15 is 0 Å². The third-order valence-corrected chi connectivity index (χ3v) is 3.95. The zero-order chi connectivity index (χ0) is 14.5. The number of aryl methyl sites for hydroxylation is 1. The molecule has 0 saturated heterocycles. The van der Waals surface area contributed by atoms with Gasteiger partial charge >= 0.3 is 0 Å². The first-order valence-electron chi connectivity index (χ1n) is 7.51. The van der Waals surface area contributed by atoms with Crippen molar-refractivity contribution in [2.45, 2.75) is 37.6 Å². The van der Waals surface area contributed by atoms with Crippen LogP contribution in [0.2, 0.25) is 0 Å². The molecule has 126 valence electrons. The van der Waals surface area contributed by atoms with E-state index in [4.69, 9.17) is 5.73 Å². The predicted octanol–water partition coefficient (Wildman–Crippen LogP) is 2.96. The zero-order valence-electron chi connectivity index (χ0n) is 12.9. The summed E-state index contributed by atoms with van der Waals surface area (Å²) in [7, 11) is 0. The van der Waals surface area contributed by atoms with E-state index in [0.29, 0.717) is 12.0 Å². The Balaban J connectivity index is 0.00000132. The molecule has 0 unspecified atom stereocenters. The maximum Gasteiger partial charge on any atom is 0.129 e. The molecule has 23 heavy (non-hydrogen) atoms. The summed E-state index contributed by atoms with van der Waals surface area (Å²) in [4.78, 5) is 12.8. The zero-order valence-corrected chi connectivity index (χ0v) is 14.5. The lowest BCUT2D eigenvalue weighted by Gasteiger charge is -2.31. The van der Waals surface area contributed by atoms with Crippen molar-refractivity contribution in [3.63, 3.8) is 0 Å². The van der Waals surface area contributed by atoms with Gasteiger partial charge in [0.2, 0.25) is 0 Å². The number of pyridine rings is 1. The van der Waals surface area contributed by atoms with Crippen molar-refractivity contribution in [1.82, 2.24) is 15.0 Å². The molecule has 0 spiro atoms. The molecule has 3 rings (SSSR count). The van der Waals surface area contributed by atoms with E-state index in [9.17, 15) is 0 Å². The van der Waals surface area contributed by atoms with Crippen molar-refractivity contribution < 1.29 is 0 Å². The fourth-order valence-electron chi connectivity index (χ4n) is 2.65. The minimum atomic E-state index is 0. The molecule has 1 fully saturated rings. The number of halogens is 2. The highest BCUT2D eigenvalue weighted by Crippen LogP contribution is 2.34. The normalized spacial score (nSPS) is 19.0. The van der Waals surface area contributed by atoms with Crippen LogP contribution in [-0.4, -0.2) is 27.5 Å². The van der Waals surface area contributed by atoms with E-state index in [1.807, 2.05) is 12.3 Å². The minimum Gasteiger partial charge on any atom is -0.370 e. The van der Waals surface area contributed by atoms with Gasteiger partial charge in [-0.25, -0.2) is 9.97 Å². The summed E-state index contributed by atoms with van der Waals surface area (Å²) in [6.07, 6.45) is 9.52. The minimum absolute atomic E-state index is 0. The average molecular weight is 356 g/mol. The molecule has 2 heterocycles. The van der Waals surface area contributed by atoms with Crippen molar-refractivity contribution in [1.29, 1.82) is 0 Å². The lowest BCUT2D eigenvalue weighted by Crippen LogP contribution is -2.35. The third-order valence-electron chi connectivity index (χ3n) is 3.95. The van der Waals surface area contributed by atoms with Crippen LogP contribution in [0.3, 0.4) is 0 Å². The van der Waals surface area contributed by atoms with E-state index in [-0.39, 0.29) is 24.8 Å². The Labute approximate surface area is 149 Å². The van der Waals surface area contributed by atoms with Crippen LogP contribution >= 0.6 is 24.8 Å². The van der Waals surface area contributed by atoms with E-state index in [2.05, 4.69) is 32.4 Å². The molecule has 0 aromatic carbocycles. The van der Waals surface area contributed by atoms with Crippen molar-refractivity contribution >= 4 is 30.6 Å². The standard InChI is InChI=1S/C16H21N5.2ClH/c17-14-7-13(8-14)15-9-16(21-11-20-15)19-6-2-4-12-3-1-5-18-10-12;;/h1,3,5,9-11,13-14H,2,4,6-8,17H2,(H,19,20,21);2*1H. The summed E-state index contributed by atoms with van der Waals surface area (Å²) in [5.41, 5.74) is 8.22. The van der Waals surface area contributed by atoms with Crippen LogP contribution in [0.5, 0.6) is 0 Å². The van der Waals surface area contributed by atoms with Crippen LogP contribution in [-0.2, 0) is 6.42 Å². The molecule has 7 heteroatoms. The van der Waals surface area contributed by atoms with Gasteiger partial charge in [-0.05, 0) is 37.3 Å². The van der Waals surface area contributed by atoms with Crippen molar-refractivity contribution in [2.75, 3.05) is 11.9 Å². The Kier molecular flexibility index (Phi) is 8.23. The van der Waals surface area contributed by atoms with Gasteiger partial charge in [-0.3, -0.25) is 4.98 Å². The predicted molar refractivity (Wildman–Crippen MR) is 97.5 cm³/mol. The second kappa shape index (κ2) is 9.65. The lowest BCUT2D eigenvalue weighted by molar-refractivity contribution is 0.345. The number of nitrogens with one attached hydrogen (secondary N) is 1. The summed E-state index contributed by atoms with van der Waals surface area (Å²) in [6, 6.07) is 6.49. The molecular formula is C16H23Cl2N5. The number of nitrogens with zero attached hydrogens (tertiary/aromatic N) is 3.